The molecule has 1 aliphatic heterocycles. The Morgan fingerprint density at radius 1 is 1.47 bits per heavy atom. The first-order valence-electron chi connectivity index (χ1n) is 5.19. The van der Waals surface area contributed by atoms with E-state index in [1.165, 1.54) is 17.0 Å². The zero-order chi connectivity index (χ0) is 12.4. The van der Waals surface area contributed by atoms with Crippen LogP contribution in [0, 0.1) is 5.82 Å². The van der Waals surface area contributed by atoms with Gasteiger partial charge >= 0.3 is 0 Å². The Morgan fingerprint density at radius 3 is 2.88 bits per heavy atom. The lowest BCUT2D eigenvalue weighted by molar-refractivity contribution is -0.123. The van der Waals surface area contributed by atoms with Crippen molar-refractivity contribution in [1.82, 2.24) is 10.2 Å². The van der Waals surface area contributed by atoms with Gasteiger partial charge in [0.05, 0.1) is 12.2 Å². The molecule has 1 aliphatic rings. The molecule has 1 fully saturated rings. The van der Waals surface area contributed by atoms with Crippen molar-refractivity contribution in [2.75, 3.05) is 25.4 Å². The number of hydrogen-bond donors (Lipinski definition) is 2. The second-order valence-electron chi connectivity index (χ2n) is 3.81. The van der Waals surface area contributed by atoms with Gasteiger partial charge in [-0.15, -0.1) is 0 Å². The fourth-order valence-electron chi connectivity index (χ4n) is 1.67. The Labute approximate surface area is 97.4 Å². The minimum Gasteiger partial charge on any atom is -0.396 e. The van der Waals surface area contributed by atoms with Crippen molar-refractivity contribution in [2.24, 2.45) is 0 Å². The van der Waals surface area contributed by atoms with Crippen LogP contribution in [0.4, 0.5) is 10.1 Å². The average Bonchev–Trinajstić information content (AvgIpc) is 2.32. The summed E-state index contributed by atoms with van der Waals surface area (Å²) in [4.78, 5) is 24.5. The number of nitrogens with two attached hydrogens (primary N) is 1. The molecule has 0 bridgehead atoms. The van der Waals surface area contributed by atoms with Crippen LogP contribution in [-0.2, 0) is 4.79 Å². The van der Waals surface area contributed by atoms with Gasteiger partial charge in [0.25, 0.3) is 5.91 Å². The van der Waals surface area contributed by atoms with Gasteiger partial charge in [0, 0.05) is 18.7 Å². The van der Waals surface area contributed by atoms with Crippen LogP contribution in [0.2, 0.25) is 0 Å². The van der Waals surface area contributed by atoms with E-state index >= 15 is 0 Å². The molecule has 17 heavy (non-hydrogen) atoms. The van der Waals surface area contributed by atoms with Crippen molar-refractivity contribution < 1.29 is 14.0 Å². The first-order chi connectivity index (χ1) is 8.08. The molecule has 0 radical (unpaired) electrons. The van der Waals surface area contributed by atoms with E-state index in [1.807, 2.05) is 0 Å². The fraction of sp³-hybridized carbons (Fsp3) is 0.273. The molecule has 2 amide bonds. The number of amides is 2. The molecule has 0 atom stereocenters. The monoisotopic (exact) mass is 237 g/mol. The van der Waals surface area contributed by atoms with Gasteiger partial charge in [-0.1, -0.05) is 0 Å². The molecule has 1 saturated heterocycles. The predicted octanol–water partition coefficient (Wildman–Crippen LogP) is -0.0201. The van der Waals surface area contributed by atoms with Gasteiger partial charge in [0.15, 0.2) is 0 Å². The zero-order valence-electron chi connectivity index (χ0n) is 9.07. The third-order valence-electron chi connectivity index (χ3n) is 2.57. The lowest BCUT2D eigenvalue weighted by Crippen LogP contribution is -2.49. The largest absolute Gasteiger partial charge is 0.396 e. The molecule has 0 spiro atoms. The molecule has 0 aromatic heterocycles. The zero-order valence-corrected chi connectivity index (χ0v) is 9.07. The number of carbonyl (C=O) groups is 2. The summed E-state index contributed by atoms with van der Waals surface area (Å²) in [6, 6.07) is 3.79. The highest BCUT2D eigenvalue weighted by Crippen LogP contribution is 2.14. The molecule has 2 rings (SSSR count). The van der Waals surface area contributed by atoms with Crippen LogP contribution in [0.15, 0.2) is 18.2 Å². The number of halogens is 1. The van der Waals surface area contributed by atoms with Gasteiger partial charge in [-0.2, -0.15) is 0 Å². The second-order valence-corrected chi connectivity index (χ2v) is 3.81. The highest BCUT2D eigenvalue weighted by molar-refractivity contribution is 5.97. The number of nitrogens with one attached hydrogen (secondary N) is 1. The summed E-state index contributed by atoms with van der Waals surface area (Å²) in [6.45, 7) is 0.902. The van der Waals surface area contributed by atoms with E-state index in [0.717, 1.165) is 6.07 Å². The Balaban J connectivity index is 2.18. The van der Waals surface area contributed by atoms with Gasteiger partial charge in [0.1, 0.15) is 5.82 Å². The highest BCUT2D eigenvalue weighted by atomic mass is 19.1. The number of nitrogen functional groups attached to an aromatic ring is 1. The van der Waals surface area contributed by atoms with Crippen LogP contribution in [0.5, 0.6) is 0 Å². The molecule has 1 aromatic carbocycles. The first-order valence-corrected chi connectivity index (χ1v) is 5.19. The second kappa shape index (κ2) is 4.40. The van der Waals surface area contributed by atoms with E-state index in [0.29, 0.717) is 18.7 Å². The summed E-state index contributed by atoms with van der Waals surface area (Å²) in [7, 11) is 0. The van der Waals surface area contributed by atoms with Gasteiger partial charge in [-0.25, -0.2) is 4.39 Å². The Kier molecular flexibility index (Phi) is 2.95. The van der Waals surface area contributed by atoms with E-state index in [2.05, 4.69) is 5.32 Å². The molecule has 0 saturated carbocycles. The summed E-state index contributed by atoms with van der Waals surface area (Å²) in [5, 5.41) is 2.62. The number of piperazine rings is 1. The van der Waals surface area contributed by atoms with Crippen molar-refractivity contribution in [3.63, 3.8) is 0 Å². The third-order valence-corrected chi connectivity index (χ3v) is 2.57. The maximum atomic E-state index is 13.0. The van der Waals surface area contributed by atoms with Gasteiger partial charge < -0.3 is 16.0 Å². The number of carbonyl (C=O) groups excluding carboxylic acids is 2. The van der Waals surface area contributed by atoms with Crippen LogP contribution in [-0.4, -0.2) is 36.3 Å². The van der Waals surface area contributed by atoms with Crippen LogP contribution in [0.3, 0.4) is 0 Å². The van der Waals surface area contributed by atoms with Crippen LogP contribution >= 0.6 is 0 Å². The lowest BCUT2D eigenvalue weighted by Gasteiger charge is -2.26. The molecular formula is C11H12FN3O2. The summed E-state index contributed by atoms with van der Waals surface area (Å²) >= 11 is 0. The first kappa shape index (κ1) is 11.4. The molecule has 3 N–H and O–H groups in total. The Hall–Kier alpha value is -2.11. The van der Waals surface area contributed by atoms with E-state index < -0.39 is 5.82 Å². The quantitative estimate of drug-likeness (QED) is 0.674. The van der Waals surface area contributed by atoms with Gasteiger partial charge in [0.2, 0.25) is 5.91 Å². The van der Waals surface area contributed by atoms with Crippen LogP contribution in [0.25, 0.3) is 0 Å². The third kappa shape index (κ3) is 2.35. The van der Waals surface area contributed by atoms with E-state index in [-0.39, 0.29) is 24.0 Å². The van der Waals surface area contributed by atoms with Crippen molar-refractivity contribution in [2.45, 2.75) is 0 Å². The smallest absolute Gasteiger partial charge is 0.254 e. The SMILES string of the molecule is Nc1cc(C(=O)N2CCNC(=O)C2)ccc1F. The highest BCUT2D eigenvalue weighted by Gasteiger charge is 2.22. The number of anilines is 1. The van der Waals surface area contributed by atoms with Crippen LogP contribution in [0.1, 0.15) is 10.4 Å². The maximum absolute atomic E-state index is 13.0. The lowest BCUT2D eigenvalue weighted by atomic mass is 10.1. The fourth-order valence-corrected chi connectivity index (χ4v) is 1.67. The predicted molar refractivity (Wildman–Crippen MR) is 59.7 cm³/mol. The summed E-state index contributed by atoms with van der Waals surface area (Å²) < 4.78 is 13.0. The number of rotatable bonds is 1. The molecular weight excluding hydrogens is 225 g/mol. The van der Waals surface area contributed by atoms with Gasteiger partial charge in [-0.05, 0) is 18.2 Å². The number of benzene rings is 1. The minimum atomic E-state index is -0.557. The molecule has 1 heterocycles. The topological polar surface area (TPSA) is 75.4 Å². The van der Waals surface area contributed by atoms with E-state index in [9.17, 15) is 14.0 Å². The molecule has 0 unspecified atom stereocenters. The summed E-state index contributed by atoms with van der Waals surface area (Å²) in [5.74, 6) is -1.07. The van der Waals surface area contributed by atoms with Crippen molar-refractivity contribution in [1.29, 1.82) is 0 Å². The normalized spacial score (nSPS) is 15.6. The average molecular weight is 237 g/mol. The van der Waals surface area contributed by atoms with Crippen LogP contribution < -0.4 is 11.1 Å². The Bertz CT molecular complexity index is 476. The molecule has 90 valence electrons. The van der Waals surface area contributed by atoms with Crippen molar-refractivity contribution in [3.8, 4) is 0 Å². The summed E-state index contributed by atoms with van der Waals surface area (Å²) in [6.07, 6.45) is 0. The van der Waals surface area contributed by atoms with Crippen molar-refractivity contribution >= 4 is 17.5 Å². The molecule has 5 nitrogen and oxygen atoms in total. The van der Waals surface area contributed by atoms with E-state index in [4.69, 9.17) is 5.73 Å². The number of hydrogen-bond acceptors (Lipinski definition) is 3. The maximum Gasteiger partial charge on any atom is 0.254 e. The number of nitrogens with zero attached hydrogens (tertiary/aromatic N) is 1. The Morgan fingerprint density at radius 2 is 2.24 bits per heavy atom. The standard InChI is InChI=1S/C11H12FN3O2/c12-8-2-1-7(5-9(8)13)11(17)15-4-3-14-10(16)6-15/h1-2,5H,3-4,6,13H2,(H,14,16). The van der Waals surface area contributed by atoms with Gasteiger partial charge in [-0.3, -0.25) is 9.59 Å². The molecule has 6 heteroatoms. The molecule has 0 aliphatic carbocycles. The molecule has 1 aromatic rings. The van der Waals surface area contributed by atoms with Crippen molar-refractivity contribution in [3.05, 3.63) is 29.6 Å². The van der Waals surface area contributed by atoms with E-state index in [1.54, 1.807) is 0 Å². The minimum absolute atomic E-state index is 0.0239. The summed E-state index contributed by atoms with van der Waals surface area (Å²) in [5.41, 5.74) is 5.61.